The Kier molecular flexibility index (Phi) is 9.68. The fourth-order valence-corrected chi connectivity index (χ4v) is 6.19. The minimum Gasteiger partial charge on any atom is -1.00 e. The molecule has 202 valence electrons. The molecule has 40 heavy (non-hydrogen) atoms. The van der Waals surface area contributed by atoms with Gasteiger partial charge in [-0.05, 0) is 47.0 Å². The molecule has 0 aliphatic carbocycles. The van der Waals surface area contributed by atoms with Crippen LogP contribution in [-0.4, -0.2) is 31.3 Å². The van der Waals surface area contributed by atoms with Gasteiger partial charge in [-0.15, -0.1) is 11.8 Å². The number of amides is 1. The van der Waals surface area contributed by atoms with E-state index in [1.165, 1.54) is 11.8 Å². The summed E-state index contributed by atoms with van der Waals surface area (Å²) in [4.78, 5) is 16.5. The Hall–Kier alpha value is -2.76. The molecule has 1 unspecified atom stereocenters. The smallest absolute Gasteiger partial charge is 1.00 e. The molecule has 0 radical (unpaired) electrons. The first-order valence-electron chi connectivity index (χ1n) is 12.1. The van der Waals surface area contributed by atoms with Crippen molar-refractivity contribution in [2.45, 2.75) is 18.3 Å². The van der Waals surface area contributed by atoms with E-state index in [2.05, 4.69) is 4.98 Å². The van der Waals surface area contributed by atoms with E-state index in [1.54, 1.807) is 18.2 Å². The van der Waals surface area contributed by atoms with Gasteiger partial charge in [-0.1, -0.05) is 42.5 Å². The Morgan fingerprint density at radius 1 is 1.07 bits per heavy atom. The van der Waals surface area contributed by atoms with E-state index >= 15 is 0 Å². The molecule has 1 aromatic heterocycles. The first-order valence-corrected chi connectivity index (χ1v) is 15.0. The average Bonchev–Trinajstić information content (AvgIpc) is 3.04. The summed E-state index contributed by atoms with van der Waals surface area (Å²) < 4.78 is 58.1. The first-order chi connectivity index (χ1) is 18.7. The molecule has 0 bridgehead atoms. The van der Waals surface area contributed by atoms with Crippen LogP contribution in [0.4, 0.5) is 8.78 Å². The van der Waals surface area contributed by atoms with Crippen LogP contribution < -0.4 is 39.0 Å². The first kappa shape index (κ1) is 30.2. The Labute approximate surface area is 259 Å². The van der Waals surface area contributed by atoms with Gasteiger partial charge in [-0.2, -0.15) is 0 Å². The number of hydrogen-bond acceptors (Lipinski definition) is 6. The predicted molar refractivity (Wildman–Crippen MR) is 151 cm³/mol. The second-order valence-electron chi connectivity index (χ2n) is 9.11. The minimum absolute atomic E-state index is 0. The maximum Gasteiger partial charge on any atom is 1.00 e. The van der Waals surface area contributed by atoms with Gasteiger partial charge in [0.15, 0.2) is 11.6 Å². The zero-order valence-corrected chi connectivity index (χ0v) is 25.5. The van der Waals surface area contributed by atoms with Crippen molar-refractivity contribution >= 4 is 50.7 Å². The van der Waals surface area contributed by atoms with E-state index in [1.807, 2.05) is 53.3 Å². The third kappa shape index (κ3) is 7.30. The summed E-state index contributed by atoms with van der Waals surface area (Å²) in [5.41, 5.74) is 4.86. The van der Waals surface area contributed by atoms with Gasteiger partial charge in [0.1, 0.15) is 12.4 Å². The van der Waals surface area contributed by atoms with Crippen LogP contribution in [0.2, 0.25) is 0 Å². The number of pyridine rings is 1. The van der Waals surface area contributed by atoms with Crippen LogP contribution in [0.3, 0.4) is 0 Å². The van der Waals surface area contributed by atoms with Gasteiger partial charge in [0, 0.05) is 29.2 Å². The van der Waals surface area contributed by atoms with Gasteiger partial charge in [-0.3, -0.25) is 9.52 Å². The molecule has 0 fully saturated rings. The normalized spacial score (nSPS) is 14.5. The number of halogens is 2. The maximum absolute atomic E-state index is 13.7. The van der Waals surface area contributed by atoms with Gasteiger partial charge in [0.2, 0.25) is 15.9 Å². The third-order valence-corrected chi connectivity index (χ3v) is 8.03. The largest absolute Gasteiger partial charge is 1.00 e. The fraction of sp³-hybridized carbons (Fsp3) is 0.172. The number of benzene rings is 3. The molecule has 1 atom stereocenters. The minimum atomic E-state index is -3.61. The molecule has 0 saturated heterocycles. The third-order valence-electron chi connectivity index (χ3n) is 6.15. The van der Waals surface area contributed by atoms with Gasteiger partial charge >= 0.3 is 29.6 Å². The van der Waals surface area contributed by atoms with Gasteiger partial charge in [0.25, 0.3) is 0 Å². The van der Waals surface area contributed by atoms with Gasteiger partial charge in [-0.25, -0.2) is 22.2 Å². The Balaban J connectivity index is 0.00000231. The van der Waals surface area contributed by atoms with Gasteiger partial charge < -0.3 is 6.16 Å². The van der Waals surface area contributed by atoms with Crippen molar-refractivity contribution in [2.75, 3.05) is 12.0 Å². The van der Waals surface area contributed by atoms with Crippen molar-refractivity contribution < 1.29 is 57.7 Å². The van der Waals surface area contributed by atoms with E-state index in [0.717, 1.165) is 46.4 Å². The number of aromatic nitrogens is 1. The van der Waals surface area contributed by atoms with Crippen molar-refractivity contribution in [3.8, 4) is 5.75 Å². The van der Waals surface area contributed by atoms with Crippen molar-refractivity contribution in [3.63, 3.8) is 0 Å². The SMILES string of the molecule is CS(=O)(=O)NC(=O)CCSC1c2ccccc2COc2ccc(/C=C/c3ccc4cc(F)c(F)cc4n3)cc21.[H-].[Na+]. The van der Waals surface area contributed by atoms with Crippen LogP contribution in [0.15, 0.2) is 66.7 Å². The Morgan fingerprint density at radius 2 is 1.85 bits per heavy atom. The summed E-state index contributed by atoms with van der Waals surface area (Å²) >= 11 is 1.54. The number of fused-ring (bicyclic) bond motifs is 3. The van der Waals surface area contributed by atoms with Crippen molar-refractivity contribution in [1.29, 1.82) is 0 Å². The van der Waals surface area contributed by atoms with E-state index in [0.29, 0.717) is 29.0 Å². The second kappa shape index (κ2) is 12.8. The van der Waals surface area contributed by atoms with Crippen molar-refractivity contribution in [3.05, 3.63) is 106 Å². The number of hydrogen-bond donors (Lipinski definition) is 1. The number of thioether (sulfide) groups is 1. The zero-order chi connectivity index (χ0) is 27.6. The quantitative estimate of drug-likeness (QED) is 0.334. The molecule has 11 heteroatoms. The zero-order valence-electron chi connectivity index (χ0n) is 22.9. The molecule has 1 aliphatic rings. The monoisotopic (exact) mass is 590 g/mol. The fourth-order valence-electron chi connectivity index (χ4n) is 4.37. The van der Waals surface area contributed by atoms with E-state index in [4.69, 9.17) is 4.74 Å². The van der Waals surface area contributed by atoms with E-state index in [-0.39, 0.29) is 42.7 Å². The molecule has 2 heterocycles. The number of sulfonamides is 1. The molecule has 0 saturated carbocycles. The van der Waals surface area contributed by atoms with Gasteiger partial charge in [0.05, 0.1) is 22.7 Å². The van der Waals surface area contributed by atoms with Crippen LogP contribution in [-0.2, 0) is 21.4 Å². The standard InChI is InChI=1S/C29H24F2N2O4S2.Na.H/c1-39(35,36)33-28(34)12-13-38-29-22-5-3-2-4-20(22)17-37-27-11-7-18(14-23(27)29)6-9-21-10-8-19-15-24(30)25(31)16-26(19)32-21;;/h2-11,14-16,29H,12-13,17H2,1H3,(H,33,34);;/q;+1;-1/b9-6+;;. The number of nitrogens with zero attached hydrogens (tertiary/aromatic N) is 1. The summed E-state index contributed by atoms with van der Waals surface area (Å²) in [6.45, 7) is 0.405. The summed E-state index contributed by atoms with van der Waals surface area (Å²) in [5.74, 6) is -1.28. The van der Waals surface area contributed by atoms with Crippen LogP contribution in [0, 0.1) is 11.6 Å². The molecule has 1 amide bonds. The number of carbonyl (C=O) groups is 1. The molecule has 4 aromatic rings. The summed E-state index contributed by atoms with van der Waals surface area (Å²) in [6.07, 6.45) is 4.68. The maximum atomic E-state index is 13.7. The topological polar surface area (TPSA) is 85.4 Å². The van der Waals surface area contributed by atoms with E-state index in [9.17, 15) is 22.0 Å². The van der Waals surface area contributed by atoms with Crippen molar-refractivity contribution in [1.82, 2.24) is 9.71 Å². The molecular formula is C29H25F2N2NaO4S2. The van der Waals surface area contributed by atoms with Crippen LogP contribution in [0.1, 0.15) is 41.0 Å². The summed E-state index contributed by atoms with van der Waals surface area (Å²) in [7, 11) is -3.61. The predicted octanol–water partition coefficient (Wildman–Crippen LogP) is 2.98. The van der Waals surface area contributed by atoms with Crippen LogP contribution in [0.25, 0.3) is 23.1 Å². The number of carbonyl (C=O) groups excluding carboxylic acids is 1. The number of nitrogens with one attached hydrogen (secondary N) is 1. The molecule has 1 N–H and O–H groups in total. The Bertz CT molecular complexity index is 1720. The molecule has 1 aliphatic heterocycles. The molecule has 6 nitrogen and oxygen atoms in total. The second-order valence-corrected chi connectivity index (χ2v) is 12.1. The molecule has 0 spiro atoms. The molecule has 3 aromatic carbocycles. The number of rotatable bonds is 7. The van der Waals surface area contributed by atoms with Crippen LogP contribution >= 0.6 is 11.8 Å². The number of ether oxygens (including phenoxy) is 1. The van der Waals surface area contributed by atoms with E-state index < -0.39 is 27.6 Å². The molecule has 5 rings (SSSR count). The summed E-state index contributed by atoms with van der Waals surface area (Å²) in [6, 6.07) is 19.4. The Morgan fingerprint density at radius 3 is 2.65 bits per heavy atom. The van der Waals surface area contributed by atoms with Crippen molar-refractivity contribution in [2.24, 2.45) is 0 Å². The average molecular weight is 591 g/mol. The molecular weight excluding hydrogens is 565 g/mol. The summed E-state index contributed by atoms with van der Waals surface area (Å²) in [5, 5.41) is 0.367. The van der Waals surface area contributed by atoms with Crippen LogP contribution in [0.5, 0.6) is 5.75 Å².